The predicted molar refractivity (Wildman–Crippen MR) is 94.4 cm³/mol. The van der Waals surface area contributed by atoms with Crippen LogP contribution in [0.3, 0.4) is 0 Å². The molecule has 2 aromatic rings. The fourth-order valence-corrected chi connectivity index (χ4v) is 3.09. The van der Waals surface area contributed by atoms with Crippen LogP contribution >= 0.6 is 11.6 Å². The molecule has 1 atom stereocenters. The Balaban J connectivity index is 1.83. The number of alkyl halides is 3. The van der Waals surface area contributed by atoms with Gasteiger partial charge in [-0.2, -0.15) is 13.2 Å². The zero-order chi connectivity index (χ0) is 21.3. The second-order valence-electron chi connectivity index (χ2n) is 6.30. The number of aliphatic hydroxyl groups is 1. The molecule has 0 unspecified atom stereocenters. The van der Waals surface area contributed by atoms with E-state index in [0.717, 1.165) is 34.2 Å². The van der Waals surface area contributed by atoms with Crippen LogP contribution in [0.1, 0.15) is 11.1 Å². The van der Waals surface area contributed by atoms with Gasteiger partial charge in [0, 0.05) is 12.7 Å². The summed E-state index contributed by atoms with van der Waals surface area (Å²) in [4.78, 5) is 30.9. The van der Waals surface area contributed by atoms with E-state index < -0.39 is 54.4 Å². The monoisotopic (exact) mass is 431 g/mol. The molecule has 6 nitrogen and oxygen atoms in total. The first-order valence-corrected chi connectivity index (χ1v) is 8.68. The molecule has 1 fully saturated rings. The van der Waals surface area contributed by atoms with Gasteiger partial charge < -0.3 is 10.0 Å². The van der Waals surface area contributed by atoms with Crippen molar-refractivity contribution in [2.75, 3.05) is 18.1 Å². The molecule has 0 bridgehead atoms. The number of carbonyl (C=O) groups excluding carboxylic acids is 2. The molecule has 154 valence electrons. The molecule has 0 aliphatic carbocycles. The highest BCUT2D eigenvalue weighted by molar-refractivity contribution is 6.30. The maximum Gasteiger partial charge on any atom is 0.416 e. The Labute approximate surface area is 167 Å². The maximum absolute atomic E-state index is 14.1. The topological polar surface area (TPSA) is 73.7 Å². The van der Waals surface area contributed by atoms with E-state index >= 15 is 0 Å². The van der Waals surface area contributed by atoms with Crippen molar-refractivity contribution in [3.63, 3.8) is 0 Å². The second-order valence-corrected chi connectivity index (χ2v) is 6.73. The van der Waals surface area contributed by atoms with E-state index in [-0.39, 0.29) is 11.6 Å². The first kappa shape index (κ1) is 21.0. The number of amides is 2. The Morgan fingerprint density at radius 3 is 2.41 bits per heavy atom. The lowest BCUT2D eigenvalue weighted by Gasteiger charge is -2.39. The van der Waals surface area contributed by atoms with Gasteiger partial charge in [0.1, 0.15) is 12.6 Å². The van der Waals surface area contributed by atoms with Crippen LogP contribution in [0.25, 0.3) is 0 Å². The van der Waals surface area contributed by atoms with Gasteiger partial charge in [-0.25, -0.2) is 9.37 Å². The fourth-order valence-electron chi connectivity index (χ4n) is 2.95. The first-order chi connectivity index (χ1) is 13.6. The van der Waals surface area contributed by atoms with Crippen LogP contribution in [0.4, 0.5) is 23.4 Å². The third-order valence-electron chi connectivity index (χ3n) is 4.39. The van der Waals surface area contributed by atoms with Crippen LogP contribution in [-0.4, -0.2) is 46.0 Å². The van der Waals surface area contributed by atoms with Crippen LogP contribution < -0.4 is 4.90 Å². The number of carbonyl (C=O) groups is 2. The molecule has 1 aliphatic rings. The molecular formula is C18H14ClF4N3O3. The second kappa shape index (κ2) is 7.96. The summed E-state index contributed by atoms with van der Waals surface area (Å²) >= 11 is 5.64. The molecule has 1 N–H and O–H groups in total. The summed E-state index contributed by atoms with van der Waals surface area (Å²) in [5.74, 6) is -2.71. The summed E-state index contributed by atoms with van der Waals surface area (Å²) in [6, 6.07) is 3.68. The molecule has 2 amide bonds. The zero-order valence-corrected chi connectivity index (χ0v) is 15.4. The van der Waals surface area contributed by atoms with Gasteiger partial charge in [-0.15, -0.1) is 0 Å². The van der Waals surface area contributed by atoms with E-state index in [9.17, 15) is 32.3 Å². The van der Waals surface area contributed by atoms with Crippen molar-refractivity contribution in [3.05, 3.63) is 58.5 Å². The van der Waals surface area contributed by atoms with Gasteiger partial charge in [0.2, 0.25) is 5.91 Å². The summed E-state index contributed by atoms with van der Waals surface area (Å²) in [6.45, 7) is -1.49. The average Bonchev–Trinajstić information content (AvgIpc) is 2.65. The van der Waals surface area contributed by atoms with Crippen molar-refractivity contribution in [1.29, 1.82) is 0 Å². The smallest absolute Gasteiger partial charge is 0.394 e. The first-order valence-electron chi connectivity index (χ1n) is 8.30. The minimum absolute atomic E-state index is 0.00433. The Morgan fingerprint density at radius 2 is 1.86 bits per heavy atom. The largest absolute Gasteiger partial charge is 0.416 e. The van der Waals surface area contributed by atoms with E-state index in [1.807, 2.05) is 0 Å². The van der Waals surface area contributed by atoms with E-state index in [4.69, 9.17) is 11.6 Å². The van der Waals surface area contributed by atoms with Gasteiger partial charge in [-0.05, 0) is 23.8 Å². The minimum Gasteiger partial charge on any atom is -0.394 e. The van der Waals surface area contributed by atoms with Gasteiger partial charge in [-0.3, -0.25) is 14.5 Å². The van der Waals surface area contributed by atoms with E-state index in [2.05, 4.69) is 4.98 Å². The average molecular weight is 432 g/mol. The van der Waals surface area contributed by atoms with Gasteiger partial charge >= 0.3 is 6.18 Å². The van der Waals surface area contributed by atoms with Gasteiger partial charge in [0.05, 0.1) is 17.2 Å². The highest BCUT2D eigenvalue weighted by atomic mass is 35.5. The maximum atomic E-state index is 14.1. The number of rotatable bonds is 4. The van der Waals surface area contributed by atoms with Crippen molar-refractivity contribution in [3.8, 4) is 0 Å². The highest BCUT2D eigenvalue weighted by Gasteiger charge is 2.41. The summed E-state index contributed by atoms with van der Waals surface area (Å²) in [7, 11) is 0. The minimum atomic E-state index is -4.50. The number of piperazine rings is 1. The van der Waals surface area contributed by atoms with Crippen LogP contribution in [0.15, 0.2) is 36.5 Å². The number of pyridine rings is 1. The third kappa shape index (κ3) is 4.33. The van der Waals surface area contributed by atoms with Crippen LogP contribution in [0, 0.1) is 5.82 Å². The zero-order valence-electron chi connectivity index (χ0n) is 14.7. The van der Waals surface area contributed by atoms with Gasteiger partial charge in [0.25, 0.3) is 5.91 Å². The Kier molecular flexibility index (Phi) is 5.76. The molecule has 3 rings (SSSR count). The molecule has 11 heteroatoms. The van der Waals surface area contributed by atoms with E-state index in [1.165, 1.54) is 12.1 Å². The molecule has 29 heavy (non-hydrogen) atoms. The number of halogens is 5. The molecule has 1 aromatic heterocycles. The molecular weight excluding hydrogens is 418 g/mol. The van der Waals surface area contributed by atoms with Crippen molar-refractivity contribution in [2.45, 2.75) is 18.8 Å². The normalized spacial score (nSPS) is 17.8. The SMILES string of the molecule is O=C1[C@@H](CO)N(Cc2ccc(C(F)(F)F)cc2)C(=O)CN1c1ncc(Cl)cc1F. The standard InChI is InChI=1S/C18H14ClF4N3O3/c19-12-5-13(20)16(24-6-12)26-8-15(28)25(14(9-27)17(26)29)7-10-1-3-11(4-2-10)18(21,22)23/h1-6,14,27H,7-9H2/t14-/m1/s1. The number of aliphatic hydroxyl groups excluding tert-OH is 1. The molecule has 1 saturated heterocycles. The van der Waals surface area contributed by atoms with Crippen molar-refractivity contribution >= 4 is 29.2 Å². The van der Waals surface area contributed by atoms with Crippen LogP contribution in [0.2, 0.25) is 5.02 Å². The summed E-state index contributed by atoms with van der Waals surface area (Å²) in [6.07, 6.45) is -3.39. The lowest BCUT2D eigenvalue weighted by Crippen LogP contribution is -2.61. The Hall–Kier alpha value is -2.72. The van der Waals surface area contributed by atoms with Crippen molar-refractivity contribution in [2.24, 2.45) is 0 Å². The van der Waals surface area contributed by atoms with Crippen molar-refractivity contribution in [1.82, 2.24) is 9.88 Å². The number of anilines is 1. The van der Waals surface area contributed by atoms with Crippen molar-refractivity contribution < 1.29 is 32.3 Å². The molecule has 2 heterocycles. The number of hydrogen-bond acceptors (Lipinski definition) is 4. The van der Waals surface area contributed by atoms with E-state index in [0.29, 0.717) is 5.56 Å². The number of hydrogen-bond donors (Lipinski definition) is 1. The molecule has 1 aromatic carbocycles. The molecule has 0 spiro atoms. The number of aromatic nitrogens is 1. The lowest BCUT2D eigenvalue weighted by atomic mass is 10.1. The van der Waals surface area contributed by atoms with Gasteiger partial charge in [-0.1, -0.05) is 23.7 Å². The quantitative estimate of drug-likeness (QED) is 0.755. The molecule has 0 saturated carbocycles. The Morgan fingerprint density at radius 1 is 1.21 bits per heavy atom. The fraction of sp³-hybridized carbons (Fsp3) is 0.278. The Bertz CT molecular complexity index is 937. The summed E-state index contributed by atoms with van der Waals surface area (Å²) in [5, 5.41) is 9.64. The summed E-state index contributed by atoms with van der Waals surface area (Å²) in [5.41, 5.74) is -0.515. The lowest BCUT2D eigenvalue weighted by molar-refractivity contribution is -0.145. The summed E-state index contributed by atoms with van der Waals surface area (Å²) < 4.78 is 52.2. The molecule has 1 aliphatic heterocycles. The van der Waals surface area contributed by atoms with E-state index in [1.54, 1.807) is 0 Å². The third-order valence-corrected chi connectivity index (χ3v) is 4.60. The predicted octanol–water partition coefficient (Wildman–Crippen LogP) is 2.63. The van der Waals surface area contributed by atoms with Gasteiger partial charge in [0.15, 0.2) is 11.6 Å². The van der Waals surface area contributed by atoms with Crippen LogP contribution in [-0.2, 0) is 22.3 Å². The highest BCUT2D eigenvalue weighted by Crippen LogP contribution is 2.30. The number of nitrogens with zero attached hydrogens (tertiary/aromatic N) is 3. The number of benzene rings is 1. The van der Waals surface area contributed by atoms with Crippen LogP contribution in [0.5, 0.6) is 0 Å². The molecule has 0 radical (unpaired) electrons.